The van der Waals surface area contributed by atoms with Gasteiger partial charge in [0.25, 0.3) is 0 Å². The summed E-state index contributed by atoms with van der Waals surface area (Å²) in [6, 6.07) is 38.0. The van der Waals surface area contributed by atoms with Crippen LogP contribution in [0.2, 0.25) is 0 Å². The molecule has 2 unspecified atom stereocenters. The molecule has 0 aliphatic rings. The molecule has 42 heavy (non-hydrogen) atoms. The van der Waals surface area contributed by atoms with Crippen LogP contribution in [0.15, 0.2) is 109 Å². The van der Waals surface area contributed by atoms with Gasteiger partial charge in [-0.05, 0) is 73.0 Å². The van der Waals surface area contributed by atoms with Crippen molar-refractivity contribution in [2.45, 2.75) is 32.6 Å². The topological polar surface area (TPSA) is 63.6 Å². The van der Waals surface area contributed by atoms with E-state index >= 15 is 0 Å². The Morgan fingerprint density at radius 2 is 1.12 bits per heavy atom. The van der Waals surface area contributed by atoms with E-state index in [0.717, 1.165) is 11.1 Å². The molecule has 6 rings (SSSR count). The summed E-state index contributed by atoms with van der Waals surface area (Å²) >= 11 is 0. The van der Waals surface area contributed by atoms with Crippen LogP contribution in [0, 0.1) is 11.8 Å². The zero-order valence-electron chi connectivity index (χ0n) is 23.8. The number of carbonyl (C=O) groups is 2. The lowest BCUT2D eigenvalue weighted by Crippen LogP contribution is -2.27. The van der Waals surface area contributed by atoms with E-state index in [1.165, 1.54) is 43.1 Å². The smallest absolute Gasteiger partial charge is 0.309 e. The van der Waals surface area contributed by atoms with Crippen LogP contribution in [0.1, 0.15) is 30.9 Å². The van der Waals surface area contributed by atoms with Crippen molar-refractivity contribution in [2.75, 3.05) is 6.61 Å². The van der Waals surface area contributed by atoms with Gasteiger partial charge in [0.15, 0.2) is 0 Å². The number of carboxylic acid groups (broad SMARTS) is 1. The molecule has 0 aromatic heterocycles. The second-order valence-electron chi connectivity index (χ2n) is 11.3. The Hall–Kier alpha value is -4.70. The third kappa shape index (κ3) is 5.84. The van der Waals surface area contributed by atoms with Crippen molar-refractivity contribution in [3.63, 3.8) is 0 Å². The lowest BCUT2D eigenvalue weighted by molar-refractivity contribution is -0.151. The second-order valence-corrected chi connectivity index (χ2v) is 11.3. The highest BCUT2D eigenvalue weighted by atomic mass is 16.5. The van der Waals surface area contributed by atoms with Crippen LogP contribution in [0.25, 0.3) is 43.1 Å². The molecular weight excluding hydrogens is 520 g/mol. The minimum Gasteiger partial charge on any atom is -0.481 e. The average Bonchev–Trinajstić information content (AvgIpc) is 3.00. The summed E-state index contributed by atoms with van der Waals surface area (Å²) in [6.07, 6.45) is 1.73. The number of ether oxygens (including phenoxy) is 1. The van der Waals surface area contributed by atoms with E-state index in [0.29, 0.717) is 19.3 Å². The first-order valence-corrected chi connectivity index (χ1v) is 14.7. The van der Waals surface area contributed by atoms with Crippen molar-refractivity contribution in [3.8, 4) is 0 Å². The molecule has 0 amide bonds. The zero-order valence-corrected chi connectivity index (χ0v) is 23.8. The Kier molecular flexibility index (Phi) is 7.87. The number of rotatable bonds is 10. The quantitative estimate of drug-likeness (QED) is 0.136. The fourth-order valence-electron chi connectivity index (χ4n) is 6.16. The summed E-state index contributed by atoms with van der Waals surface area (Å²) in [7, 11) is 0. The third-order valence-electron chi connectivity index (χ3n) is 8.49. The lowest BCUT2D eigenvalue weighted by atomic mass is 9.86. The summed E-state index contributed by atoms with van der Waals surface area (Å²) in [6.45, 7) is 2.09. The average molecular weight is 555 g/mol. The highest BCUT2D eigenvalue weighted by molar-refractivity contribution is 6.08. The molecule has 6 aromatic carbocycles. The normalized spacial score (nSPS) is 13.0. The van der Waals surface area contributed by atoms with E-state index in [4.69, 9.17) is 4.74 Å². The fourth-order valence-corrected chi connectivity index (χ4v) is 6.16. The Labute approximate surface area is 245 Å². The summed E-state index contributed by atoms with van der Waals surface area (Å²) in [5.74, 6) is -2.05. The number of carboxylic acids is 1. The molecule has 0 bridgehead atoms. The molecular formula is C38H34O4. The first-order chi connectivity index (χ1) is 20.5. The van der Waals surface area contributed by atoms with Gasteiger partial charge in [-0.2, -0.15) is 0 Å². The van der Waals surface area contributed by atoms with Crippen molar-refractivity contribution < 1.29 is 19.4 Å². The minimum absolute atomic E-state index is 0.0696. The van der Waals surface area contributed by atoms with Crippen LogP contribution >= 0.6 is 0 Å². The fraction of sp³-hybridized carbons (Fsp3) is 0.211. The molecule has 210 valence electrons. The molecule has 0 radical (unpaired) electrons. The van der Waals surface area contributed by atoms with E-state index in [-0.39, 0.29) is 24.9 Å². The summed E-state index contributed by atoms with van der Waals surface area (Å²) in [5, 5.41) is 19.0. The number of fused-ring (bicyclic) bond motifs is 6. The van der Waals surface area contributed by atoms with E-state index in [1.807, 2.05) is 25.1 Å². The molecule has 2 atom stereocenters. The van der Waals surface area contributed by atoms with E-state index < -0.39 is 11.9 Å². The maximum Gasteiger partial charge on any atom is 0.309 e. The maximum atomic E-state index is 13.3. The highest BCUT2D eigenvalue weighted by Gasteiger charge is 2.28. The number of hydrogen-bond acceptors (Lipinski definition) is 3. The van der Waals surface area contributed by atoms with Crippen molar-refractivity contribution in [1.29, 1.82) is 0 Å². The molecule has 0 saturated carbocycles. The molecule has 6 aromatic rings. The molecule has 0 aliphatic carbocycles. The van der Waals surface area contributed by atoms with Crippen LogP contribution in [-0.2, 0) is 27.2 Å². The Bertz CT molecular complexity index is 1920. The van der Waals surface area contributed by atoms with Crippen molar-refractivity contribution in [3.05, 3.63) is 120 Å². The van der Waals surface area contributed by atoms with Gasteiger partial charge in [-0.25, -0.2) is 0 Å². The van der Waals surface area contributed by atoms with Crippen LogP contribution in [-0.4, -0.2) is 23.7 Å². The standard InChI is InChI=1S/C38H34O4/c1-25(22-37(39)40)32(19-12-26-10-13-30-17-15-28-6-2-4-8-33(28)35(30)23-26)38(41)42-21-20-27-11-14-31-18-16-29-7-3-5-9-34(29)36(31)24-27/h2-11,13-18,23-25,32H,12,19-22H2,1H3,(H,39,40). The van der Waals surface area contributed by atoms with Gasteiger partial charge in [0.2, 0.25) is 0 Å². The lowest BCUT2D eigenvalue weighted by Gasteiger charge is -2.21. The third-order valence-corrected chi connectivity index (χ3v) is 8.49. The van der Waals surface area contributed by atoms with Gasteiger partial charge < -0.3 is 9.84 Å². The Morgan fingerprint density at radius 1 is 0.643 bits per heavy atom. The van der Waals surface area contributed by atoms with Gasteiger partial charge in [-0.1, -0.05) is 116 Å². The Balaban J connectivity index is 1.15. The first-order valence-electron chi connectivity index (χ1n) is 14.7. The van der Waals surface area contributed by atoms with Crippen LogP contribution in [0.4, 0.5) is 0 Å². The number of aryl methyl sites for hydroxylation is 1. The maximum absolute atomic E-state index is 13.3. The molecule has 0 heterocycles. The summed E-state index contributed by atoms with van der Waals surface area (Å²) in [4.78, 5) is 24.9. The molecule has 4 nitrogen and oxygen atoms in total. The monoisotopic (exact) mass is 554 g/mol. The number of hydrogen-bond donors (Lipinski definition) is 1. The molecule has 4 heteroatoms. The molecule has 0 aliphatic heterocycles. The van der Waals surface area contributed by atoms with E-state index in [9.17, 15) is 14.7 Å². The van der Waals surface area contributed by atoms with Gasteiger partial charge in [0.05, 0.1) is 12.5 Å². The van der Waals surface area contributed by atoms with Crippen LogP contribution in [0.5, 0.6) is 0 Å². The van der Waals surface area contributed by atoms with Gasteiger partial charge in [-0.15, -0.1) is 0 Å². The number of benzene rings is 6. The number of carbonyl (C=O) groups excluding carboxylic acids is 1. The number of esters is 1. The van der Waals surface area contributed by atoms with Gasteiger partial charge in [0, 0.05) is 12.8 Å². The van der Waals surface area contributed by atoms with Crippen molar-refractivity contribution >= 4 is 55.0 Å². The van der Waals surface area contributed by atoms with Gasteiger partial charge >= 0.3 is 11.9 Å². The van der Waals surface area contributed by atoms with Gasteiger partial charge in [-0.3, -0.25) is 9.59 Å². The van der Waals surface area contributed by atoms with Crippen molar-refractivity contribution in [1.82, 2.24) is 0 Å². The molecule has 0 fully saturated rings. The molecule has 0 spiro atoms. The number of aliphatic carboxylic acids is 1. The second kappa shape index (κ2) is 12.0. The molecule has 0 saturated heterocycles. The zero-order chi connectivity index (χ0) is 29.1. The molecule has 1 N–H and O–H groups in total. The highest BCUT2D eigenvalue weighted by Crippen LogP contribution is 2.29. The van der Waals surface area contributed by atoms with Crippen molar-refractivity contribution in [2.24, 2.45) is 11.8 Å². The van der Waals surface area contributed by atoms with Crippen LogP contribution < -0.4 is 0 Å². The first kappa shape index (κ1) is 27.5. The Morgan fingerprint density at radius 3 is 1.67 bits per heavy atom. The predicted octanol–water partition coefficient (Wildman–Crippen LogP) is 8.74. The predicted molar refractivity (Wildman–Crippen MR) is 171 cm³/mol. The summed E-state index contributed by atoms with van der Waals surface area (Å²) < 4.78 is 5.79. The van der Waals surface area contributed by atoms with Gasteiger partial charge in [0.1, 0.15) is 0 Å². The van der Waals surface area contributed by atoms with E-state index in [1.54, 1.807) is 0 Å². The SMILES string of the molecule is CC(CC(=O)O)C(CCc1ccc2ccc3ccccc3c2c1)C(=O)OCCc1ccc2ccc3ccccc3c2c1. The van der Waals surface area contributed by atoms with E-state index in [2.05, 4.69) is 91.0 Å². The van der Waals surface area contributed by atoms with Crippen LogP contribution in [0.3, 0.4) is 0 Å². The summed E-state index contributed by atoms with van der Waals surface area (Å²) in [5.41, 5.74) is 2.23. The minimum atomic E-state index is -0.902. The largest absolute Gasteiger partial charge is 0.481 e.